The highest BCUT2D eigenvalue weighted by molar-refractivity contribution is 5.34. The van der Waals surface area contributed by atoms with Crippen molar-refractivity contribution >= 4 is 0 Å². The first-order valence-corrected chi connectivity index (χ1v) is 14.9. The lowest BCUT2D eigenvalue weighted by atomic mass is 9.48. The Morgan fingerprint density at radius 2 is 1.59 bits per heavy atom. The Labute approximate surface area is 223 Å². The van der Waals surface area contributed by atoms with E-state index in [-0.39, 0.29) is 10.8 Å². The van der Waals surface area contributed by atoms with Gasteiger partial charge in [0.15, 0.2) is 0 Å². The Morgan fingerprint density at radius 1 is 0.946 bits per heavy atom. The number of allylic oxidation sites excluding steroid dienone is 3. The van der Waals surface area contributed by atoms with Gasteiger partial charge in [0, 0.05) is 11.3 Å². The SMILES string of the molecule is C=C1[C@H](O)CC(=C/C=C2\CCC[C@]3(C)[C@@H](C#CC#C[C@H](O)C45CC6CC(CC(C6)C4)C5)CC[C@@H]23)C[C@H]1O. The van der Waals surface area contributed by atoms with Gasteiger partial charge in [-0.2, -0.15) is 0 Å². The third-order valence-corrected chi connectivity index (χ3v) is 11.4. The molecule has 0 aliphatic heterocycles. The molecule has 7 aliphatic rings. The molecule has 0 unspecified atom stereocenters. The van der Waals surface area contributed by atoms with Crippen LogP contribution < -0.4 is 0 Å². The molecule has 0 aromatic rings. The summed E-state index contributed by atoms with van der Waals surface area (Å²) in [5.41, 5.74) is 3.37. The van der Waals surface area contributed by atoms with Gasteiger partial charge in [-0.25, -0.2) is 0 Å². The zero-order valence-electron chi connectivity index (χ0n) is 22.5. The third-order valence-electron chi connectivity index (χ3n) is 11.4. The molecule has 0 spiro atoms. The van der Waals surface area contributed by atoms with Crippen LogP contribution in [-0.4, -0.2) is 33.6 Å². The summed E-state index contributed by atoms with van der Waals surface area (Å²) in [6.07, 6.45) is 17.2. The maximum atomic E-state index is 11.1. The van der Waals surface area contributed by atoms with E-state index in [9.17, 15) is 15.3 Å². The number of hydrogen-bond acceptors (Lipinski definition) is 3. The van der Waals surface area contributed by atoms with E-state index in [4.69, 9.17) is 0 Å². The summed E-state index contributed by atoms with van der Waals surface area (Å²) < 4.78 is 0. The van der Waals surface area contributed by atoms with Crippen LogP contribution in [0.3, 0.4) is 0 Å². The van der Waals surface area contributed by atoms with Crippen LogP contribution in [0.4, 0.5) is 0 Å². The highest BCUT2D eigenvalue weighted by Gasteiger charge is 2.54. The molecule has 7 aliphatic carbocycles. The largest absolute Gasteiger partial charge is 0.388 e. The predicted octanol–water partition coefficient (Wildman–Crippen LogP) is 5.71. The maximum Gasteiger partial charge on any atom is 0.121 e. The van der Waals surface area contributed by atoms with Gasteiger partial charge in [0.1, 0.15) is 6.10 Å². The van der Waals surface area contributed by atoms with Crippen LogP contribution in [-0.2, 0) is 0 Å². The normalized spacial score (nSPS) is 46.1. The molecule has 6 atom stereocenters. The lowest BCUT2D eigenvalue weighted by Crippen LogP contribution is -2.51. The second-order valence-corrected chi connectivity index (χ2v) is 13.8. The third kappa shape index (κ3) is 4.67. The van der Waals surface area contributed by atoms with E-state index in [1.54, 1.807) is 0 Å². The highest BCUT2D eigenvalue weighted by Crippen LogP contribution is 2.61. The summed E-state index contributed by atoms with van der Waals surface area (Å²) in [7, 11) is 0. The fourth-order valence-electron chi connectivity index (χ4n) is 9.80. The molecule has 0 saturated heterocycles. The van der Waals surface area contributed by atoms with Crippen molar-refractivity contribution in [2.45, 2.75) is 109 Å². The standard InChI is InChI=1S/C34H44O3/c1-22-30(35)17-23(18-31(22)36)9-10-27-6-5-13-33(2)28(11-12-29(27)33)7-3-4-8-32(37)34-19-24-14-25(20-34)16-26(15-24)21-34/h9-10,24-26,28-32,35-37H,1,5-6,11-21H2,2H3/b27-10+/t24?,25?,26?,28-,29-,30+,31+,32-,33+,34?/m0/s1. The maximum absolute atomic E-state index is 11.1. The molecule has 198 valence electrons. The van der Waals surface area contributed by atoms with Crippen molar-refractivity contribution < 1.29 is 15.3 Å². The van der Waals surface area contributed by atoms with Gasteiger partial charge in [0.2, 0.25) is 0 Å². The first-order valence-electron chi connectivity index (χ1n) is 14.9. The van der Waals surface area contributed by atoms with E-state index in [0.29, 0.717) is 30.3 Å². The van der Waals surface area contributed by atoms with E-state index < -0.39 is 18.3 Å². The summed E-state index contributed by atoms with van der Waals surface area (Å²) in [5, 5.41) is 31.5. The molecule has 3 N–H and O–H groups in total. The fourth-order valence-corrected chi connectivity index (χ4v) is 9.80. The summed E-state index contributed by atoms with van der Waals surface area (Å²) in [6, 6.07) is 0. The van der Waals surface area contributed by atoms with Crippen molar-refractivity contribution in [1.29, 1.82) is 0 Å². The number of aliphatic hydroxyl groups excluding tert-OH is 3. The van der Waals surface area contributed by atoms with Crippen molar-refractivity contribution in [3.8, 4) is 23.7 Å². The first kappa shape index (κ1) is 25.5. The van der Waals surface area contributed by atoms with Gasteiger partial charge in [-0.05, 0) is 130 Å². The number of aliphatic hydroxyl groups is 3. The van der Waals surface area contributed by atoms with E-state index in [2.05, 4.69) is 49.3 Å². The smallest absolute Gasteiger partial charge is 0.121 e. The molecular weight excluding hydrogens is 456 g/mol. The summed E-state index contributed by atoms with van der Waals surface area (Å²) in [4.78, 5) is 0. The second-order valence-electron chi connectivity index (χ2n) is 13.8. The van der Waals surface area contributed by atoms with Gasteiger partial charge in [-0.15, -0.1) is 0 Å². The Hall–Kier alpha value is -1.78. The van der Waals surface area contributed by atoms with Crippen LogP contribution in [0, 0.1) is 64.1 Å². The lowest BCUT2D eigenvalue weighted by molar-refractivity contribution is -0.101. The first-order chi connectivity index (χ1) is 17.8. The van der Waals surface area contributed by atoms with Crippen LogP contribution in [0.5, 0.6) is 0 Å². The van der Waals surface area contributed by atoms with Crippen molar-refractivity contribution in [2.75, 3.05) is 0 Å². The lowest BCUT2D eigenvalue weighted by Gasteiger charge is -2.57. The number of hydrogen-bond donors (Lipinski definition) is 3. The molecule has 0 aromatic carbocycles. The molecule has 4 bridgehead atoms. The van der Waals surface area contributed by atoms with E-state index in [0.717, 1.165) is 42.6 Å². The van der Waals surface area contributed by atoms with Crippen LogP contribution in [0.15, 0.2) is 35.5 Å². The van der Waals surface area contributed by atoms with Crippen molar-refractivity contribution in [3.05, 3.63) is 35.5 Å². The molecule has 37 heavy (non-hydrogen) atoms. The van der Waals surface area contributed by atoms with Gasteiger partial charge in [0.05, 0.1) is 12.2 Å². The van der Waals surface area contributed by atoms with Crippen molar-refractivity contribution in [2.24, 2.45) is 40.4 Å². The molecule has 3 heteroatoms. The predicted molar refractivity (Wildman–Crippen MR) is 147 cm³/mol. The second kappa shape index (κ2) is 9.75. The monoisotopic (exact) mass is 500 g/mol. The topological polar surface area (TPSA) is 60.7 Å². The fraction of sp³-hybridized carbons (Fsp3) is 0.706. The Bertz CT molecular complexity index is 1070. The highest BCUT2D eigenvalue weighted by atomic mass is 16.3. The van der Waals surface area contributed by atoms with Crippen molar-refractivity contribution in [1.82, 2.24) is 0 Å². The van der Waals surface area contributed by atoms with E-state index >= 15 is 0 Å². The molecule has 7 fully saturated rings. The van der Waals surface area contributed by atoms with Crippen LogP contribution in [0.1, 0.15) is 90.4 Å². The number of rotatable bonds is 2. The minimum atomic E-state index is -0.640. The van der Waals surface area contributed by atoms with E-state index in [1.807, 2.05) is 0 Å². The minimum Gasteiger partial charge on any atom is -0.388 e. The summed E-state index contributed by atoms with van der Waals surface area (Å²) in [5.74, 6) is 16.4. The van der Waals surface area contributed by atoms with Gasteiger partial charge in [0.25, 0.3) is 0 Å². The minimum absolute atomic E-state index is 0.0447. The number of fused-ring (bicyclic) bond motifs is 1. The van der Waals surface area contributed by atoms with Crippen LogP contribution >= 0.6 is 0 Å². The molecule has 0 amide bonds. The van der Waals surface area contributed by atoms with E-state index in [1.165, 1.54) is 56.9 Å². The molecule has 0 aromatic heterocycles. The van der Waals surface area contributed by atoms with Crippen LogP contribution in [0.2, 0.25) is 0 Å². The molecular formula is C34H44O3. The van der Waals surface area contributed by atoms with Gasteiger partial charge in [-0.3, -0.25) is 0 Å². The molecule has 7 saturated carbocycles. The van der Waals surface area contributed by atoms with Crippen LogP contribution in [0.25, 0.3) is 0 Å². The quantitative estimate of drug-likeness (QED) is 0.336. The molecule has 0 radical (unpaired) electrons. The average molecular weight is 501 g/mol. The Morgan fingerprint density at radius 3 is 2.24 bits per heavy atom. The van der Waals surface area contributed by atoms with Gasteiger partial charge >= 0.3 is 0 Å². The van der Waals surface area contributed by atoms with Crippen molar-refractivity contribution in [3.63, 3.8) is 0 Å². The molecule has 3 nitrogen and oxygen atoms in total. The zero-order valence-corrected chi connectivity index (χ0v) is 22.5. The Balaban J connectivity index is 1.13. The van der Waals surface area contributed by atoms with Gasteiger partial charge < -0.3 is 15.3 Å². The molecule has 0 heterocycles. The molecule has 7 rings (SSSR count). The Kier molecular flexibility index (Phi) is 6.72. The zero-order chi connectivity index (χ0) is 25.8. The van der Waals surface area contributed by atoms with Gasteiger partial charge in [-0.1, -0.05) is 48.6 Å². The average Bonchev–Trinajstić information content (AvgIpc) is 3.19. The summed E-state index contributed by atoms with van der Waals surface area (Å²) in [6.45, 7) is 6.24. The summed E-state index contributed by atoms with van der Waals surface area (Å²) >= 11 is 0.